The van der Waals surface area contributed by atoms with Gasteiger partial charge in [0, 0.05) is 44.2 Å². The maximum Gasteiger partial charge on any atom is 0.228 e. The summed E-state index contributed by atoms with van der Waals surface area (Å²) in [6.07, 6.45) is 0.548. The molecule has 0 radical (unpaired) electrons. The Labute approximate surface area is 163 Å². The Morgan fingerprint density at radius 3 is 2.33 bits per heavy atom. The van der Waals surface area contributed by atoms with Gasteiger partial charge in [-0.25, -0.2) is 0 Å². The lowest BCUT2D eigenvalue weighted by Gasteiger charge is -2.34. The summed E-state index contributed by atoms with van der Waals surface area (Å²) in [6.45, 7) is 5.52. The van der Waals surface area contributed by atoms with E-state index in [0.29, 0.717) is 49.1 Å². The number of carbonyl (C=O) groups excluding carboxylic acids is 3. The Morgan fingerprint density at radius 2 is 1.74 bits per heavy atom. The Morgan fingerprint density at radius 1 is 1.11 bits per heavy atom. The zero-order valence-electron chi connectivity index (χ0n) is 15.8. The maximum atomic E-state index is 12.6. The number of ether oxygens (including phenoxy) is 1. The Balaban J connectivity index is 1.57. The first kappa shape index (κ1) is 19.5. The number of rotatable bonds is 4. The summed E-state index contributed by atoms with van der Waals surface area (Å²) in [6, 6.07) is 3.43. The largest absolute Gasteiger partial charge is 0.495 e. The second kappa shape index (κ2) is 7.76. The van der Waals surface area contributed by atoms with Crippen LogP contribution in [0.4, 0.5) is 5.69 Å². The molecule has 7 nitrogen and oxygen atoms in total. The summed E-state index contributed by atoms with van der Waals surface area (Å²) in [4.78, 5) is 40.1. The van der Waals surface area contributed by atoms with E-state index in [1.165, 1.54) is 14.0 Å². The van der Waals surface area contributed by atoms with E-state index in [9.17, 15) is 14.4 Å². The van der Waals surface area contributed by atoms with E-state index in [1.54, 1.807) is 21.9 Å². The van der Waals surface area contributed by atoms with Gasteiger partial charge in [0.1, 0.15) is 5.75 Å². The van der Waals surface area contributed by atoms with Crippen LogP contribution in [0.5, 0.6) is 5.75 Å². The monoisotopic (exact) mass is 393 g/mol. The standard InChI is InChI=1S/C19H24ClN3O4/c1-11-8-16(17(27-3)10-15(11)20)21-18(25)13-9-14(13)19(26)23-6-4-22(5-7-23)12(2)24/h8,10,13-14H,4-7,9H2,1-3H3,(H,21,25). The lowest BCUT2D eigenvalue weighted by atomic mass is 10.2. The number of nitrogens with zero attached hydrogens (tertiary/aromatic N) is 2. The molecule has 2 fully saturated rings. The average Bonchev–Trinajstić information content (AvgIpc) is 3.45. The lowest BCUT2D eigenvalue weighted by molar-refractivity contribution is -0.139. The van der Waals surface area contributed by atoms with Gasteiger partial charge in [-0.2, -0.15) is 0 Å². The molecule has 1 aliphatic carbocycles. The first-order valence-electron chi connectivity index (χ1n) is 9.01. The summed E-state index contributed by atoms with van der Waals surface area (Å²) in [5.74, 6) is -0.286. The smallest absolute Gasteiger partial charge is 0.228 e. The molecule has 3 rings (SSSR count). The number of anilines is 1. The summed E-state index contributed by atoms with van der Waals surface area (Å²) in [7, 11) is 1.51. The van der Waals surface area contributed by atoms with Crippen LogP contribution in [0, 0.1) is 18.8 Å². The van der Waals surface area contributed by atoms with Crippen LogP contribution in [-0.4, -0.2) is 60.8 Å². The number of aryl methyl sites for hydroxylation is 1. The summed E-state index contributed by atoms with van der Waals surface area (Å²) in [5, 5.41) is 3.42. The van der Waals surface area contributed by atoms with Gasteiger partial charge in [-0.15, -0.1) is 0 Å². The van der Waals surface area contributed by atoms with Gasteiger partial charge in [0.2, 0.25) is 17.7 Å². The highest BCUT2D eigenvalue weighted by Crippen LogP contribution is 2.42. The molecule has 1 aromatic rings. The number of halogens is 1. The summed E-state index contributed by atoms with van der Waals surface area (Å²) >= 11 is 6.09. The Bertz CT molecular complexity index is 774. The van der Waals surface area contributed by atoms with Crippen molar-refractivity contribution in [2.75, 3.05) is 38.6 Å². The molecule has 2 aliphatic rings. The number of benzene rings is 1. The molecule has 2 atom stereocenters. The second-order valence-electron chi connectivity index (χ2n) is 7.07. The molecule has 146 valence electrons. The molecule has 1 aliphatic heterocycles. The highest BCUT2D eigenvalue weighted by molar-refractivity contribution is 6.31. The van der Waals surface area contributed by atoms with Crippen molar-refractivity contribution in [1.82, 2.24) is 9.80 Å². The molecule has 1 heterocycles. The molecule has 0 aromatic heterocycles. The van der Waals surface area contributed by atoms with E-state index in [1.807, 2.05) is 6.92 Å². The third-order valence-corrected chi connectivity index (χ3v) is 5.63. The molecule has 1 N–H and O–H groups in total. The van der Waals surface area contributed by atoms with Crippen LogP contribution in [0.2, 0.25) is 5.02 Å². The van der Waals surface area contributed by atoms with Crippen LogP contribution in [-0.2, 0) is 14.4 Å². The molecular formula is C19H24ClN3O4. The van der Waals surface area contributed by atoms with E-state index in [4.69, 9.17) is 16.3 Å². The minimum atomic E-state index is -0.330. The highest BCUT2D eigenvalue weighted by atomic mass is 35.5. The number of nitrogens with one attached hydrogen (secondary N) is 1. The van der Waals surface area contributed by atoms with Crippen LogP contribution in [0.3, 0.4) is 0 Å². The van der Waals surface area contributed by atoms with E-state index in [2.05, 4.69) is 5.32 Å². The normalized spacial score (nSPS) is 21.6. The number of methoxy groups -OCH3 is 1. The van der Waals surface area contributed by atoms with Crippen LogP contribution in [0.15, 0.2) is 12.1 Å². The quantitative estimate of drug-likeness (QED) is 0.847. The molecule has 8 heteroatoms. The zero-order chi connectivity index (χ0) is 19.7. The first-order chi connectivity index (χ1) is 12.8. The van der Waals surface area contributed by atoms with Gasteiger partial charge >= 0.3 is 0 Å². The Hall–Kier alpha value is -2.28. The van der Waals surface area contributed by atoms with E-state index in [0.717, 1.165) is 5.56 Å². The van der Waals surface area contributed by atoms with E-state index >= 15 is 0 Å². The molecule has 2 unspecified atom stereocenters. The highest BCUT2D eigenvalue weighted by Gasteiger charge is 2.49. The van der Waals surface area contributed by atoms with Crippen LogP contribution in [0.25, 0.3) is 0 Å². The third kappa shape index (κ3) is 4.18. The van der Waals surface area contributed by atoms with Crippen molar-refractivity contribution in [3.05, 3.63) is 22.7 Å². The fourth-order valence-electron chi connectivity index (χ4n) is 3.39. The van der Waals surface area contributed by atoms with Crippen molar-refractivity contribution in [2.45, 2.75) is 20.3 Å². The fourth-order valence-corrected chi connectivity index (χ4v) is 3.54. The van der Waals surface area contributed by atoms with Gasteiger partial charge in [-0.05, 0) is 25.0 Å². The summed E-state index contributed by atoms with van der Waals surface area (Å²) in [5.41, 5.74) is 1.39. The van der Waals surface area contributed by atoms with Crippen molar-refractivity contribution in [1.29, 1.82) is 0 Å². The summed E-state index contributed by atoms with van der Waals surface area (Å²) < 4.78 is 5.27. The number of piperazine rings is 1. The van der Waals surface area contributed by atoms with Gasteiger partial charge in [0.15, 0.2) is 0 Å². The minimum absolute atomic E-state index is 0.00222. The predicted octanol–water partition coefficient (Wildman–Crippen LogP) is 1.92. The molecule has 27 heavy (non-hydrogen) atoms. The molecule has 1 saturated heterocycles. The lowest BCUT2D eigenvalue weighted by Crippen LogP contribution is -2.50. The van der Waals surface area contributed by atoms with Crippen molar-refractivity contribution in [3.8, 4) is 5.75 Å². The number of carbonyl (C=O) groups is 3. The van der Waals surface area contributed by atoms with Gasteiger partial charge < -0.3 is 19.9 Å². The molecule has 0 bridgehead atoms. The molecule has 1 aromatic carbocycles. The van der Waals surface area contributed by atoms with Gasteiger partial charge in [-0.1, -0.05) is 11.6 Å². The van der Waals surface area contributed by atoms with Crippen LogP contribution in [0.1, 0.15) is 18.9 Å². The van der Waals surface area contributed by atoms with Crippen LogP contribution < -0.4 is 10.1 Å². The van der Waals surface area contributed by atoms with Gasteiger partial charge in [-0.3, -0.25) is 14.4 Å². The number of hydrogen-bond donors (Lipinski definition) is 1. The third-order valence-electron chi connectivity index (χ3n) is 5.22. The maximum absolute atomic E-state index is 12.6. The second-order valence-corrected chi connectivity index (χ2v) is 7.48. The molecule has 0 spiro atoms. The minimum Gasteiger partial charge on any atom is -0.495 e. The molecular weight excluding hydrogens is 370 g/mol. The zero-order valence-corrected chi connectivity index (χ0v) is 16.5. The SMILES string of the molecule is COc1cc(Cl)c(C)cc1NC(=O)C1CC1C(=O)N1CCN(C(C)=O)CC1. The first-order valence-corrected chi connectivity index (χ1v) is 9.39. The molecule has 1 saturated carbocycles. The Kier molecular flexibility index (Phi) is 5.60. The van der Waals surface area contributed by atoms with Crippen molar-refractivity contribution in [2.24, 2.45) is 11.8 Å². The molecule has 3 amide bonds. The van der Waals surface area contributed by atoms with Gasteiger partial charge in [0.05, 0.1) is 24.6 Å². The topological polar surface area (TPSA) is 79.0 Å². The van der Waals surface area contributed by atoms with E-state index in [-0.39, 0.29) is 29.6 Å². The average molecular weight is 394 g/mol. The predicted molar refractivity (Wildman–Crippen MR) is 102 cm³/mol. The number of hydrogen-bond acceptors (Lipinski definition) is 4. The van der Waals surface area contributed by atoms with Crippen LogP contribution >= 0.6 is 11.6 Å². The van der Waals surface area contributed by atoms with E-state index < -0.39 is 0 Å². The van der Waals surface area contributed by atoms with Gasteiger partial charge in [0.25, 0.3) is 0 Å². The fraction of sp³-hybridized carbons (Fsp3) is 0.526. The van der Waals surface area contributed by atoms with Crippen molar-refractivity contribution in [3.63, 3.8) is 0 Å². The van der Waals surface area contributed by atoms with Crippen molar-refractivity contribution >= 4 is 35.0 Å². The van der Waals surface area contributed by atoms with Crippen molar-refractivity contribution < 1.29 is 19.1 Å². The number of amides is 3.